The SMILES string of the molecule is COC(CNS(=O)(=O)c1cc(F)cc(F)c1)CC(=O)O. The lowest BCUT2D eigenvalue weighted by Crippen LogP contribution is -2.34. The number of carboxylic acid groups (broad SMARTS) is 1. The van der Waals surface area contributed by atoms with Crippen LogP contribution in [0.25, 0.3) is 0 Å². The molecule has 1 rings (SSSR count). The molecule has 0 fully saturated rings. The second-order valence-corrected chi connectivity index (χ2v) is 5.68. The molecule has 1 aromatic rings. The van der Waals surface area contributed by atoms with E-state index < -0.39 is 45.0 Å². The molecule has 0 aliphatic heterocycles. The minimum Gasteiger partial charge on any atom is -0.481 e. The molecule has 1 atom stereocenters. The fourth-order valence-electron chi connectivity index (χ4n) is 1.40. The Balaban J connectivity index is 2.81. The molecular weight excluding hydrogens is 296 g/mol. The first-order valence-corrected chi connectivity index (χ1v) is 6.93. The maximum absolute atomic E-state index is 13.0. The maximum atomic E-state index is 13.0. The molecule has 0 aromatic heterocycles. The Hall–Kier alpha value is -1.58. The van der Waals surface area contributed by atoms with Crippen LogP contribution in [0.2, 0.25) is 0 Å². The molecule has 0 saturated heterocycles. The molecule has 0 bridgehead atoms. The smallest absolute Gasteiger partial charge is 0.306 e. The normalized spacial score (nSPS) is 13.2. The molecule has 0 aliphatic carbocycles. The summed E-state index contributed by atoms with van der Waals surface area (Å²) >= 11 is 0. The lowest BCUT2D eigenvalue weighted by Gasteiger charge is -2.14. The molecule has 0 aliphatic rings. The minimum absolute atomic E-state index is 0.330. The molecule has 0 saturated carbocycles. The summed E-state index contributed by atoms with van der Waals surface area (Å²) in [5.74, 6) is -3.22. The van der Waals surface area contributed by atoms with Crippen LogP contribution in [0, 0.1) is 11.6 Å². The fourth-order valence-corrected chi connectivity index (χ4v) is 2.51. The van der Waals surface area contributed by atoms with Gasteiger partial charge in [-0.25, -0.2) is 21.9 Å². The van der Waals surface area contributed by atoms with Gasteiger partial charge in [0.25, 0.3) is 0 Å². The van der Waals surface area contributed by atoms with E-state index in [1.165, 1.54) is 7.11 Å². The molecule has 6 nitrogen and oxygen atoms in total. The highest BCUT2D eigenvalue weighted by molar-refractivity contribution is 7.89. The molecule has 9 heteroatoms. The number of rotatable bonds is 7. The van der Waals surface area contributed by atoms with Crippen molar-refractivity contribution in [2.24, 2.45) is 0 Å². The monoisotopic (exact) mass is 309 g/mol. The Bertz CT molecular complexity index is 570. The third kappa shape index (κ3) is 4.83. The van der Waals surface area contributed by atoms with E-state index in [1.807, 2.05) is 4.72 Å². The van der Waals surface area contributed by atoms with E-state index in [9.17, 15) is 22.0 Å². The lowest BCUT2D eigenvalue weighted by atomic mass is 10.2. The quantitative estimate of drug-likeness (QED) is 0.774. The van der Waals surface area contributed by atoms with Crippen LogP contribution >= 0.6 is 0 Å². The molecule has 112 valence electrons. The number of carboxylic acids is 1. The number of aliphatic carboxylic acids is 1. The summed E-state index contributed by atoms with van der Waals surface area (Å²) in [6, 6.07) is 1.86. The molecule has 2 N–H and O–H groups in total. The largest absolute Gasteiger partial charge is 0.481 e. The number of hydrogen-bond acceptors (Lipinski definition) is 4. The van der Waals surface area contributed by atoms with Crippen LogP contribution in [-0.4, -0.2) is 39.3 Å². The molecule has 0 spiro atoms. The van der Waals surface area contributed by atoms with Crippen LogP contribution in [0.3, 0.4) is 0 Å². The van der Waals surface area contributed by atoms with Crippen molar-refractivity contribution in [1.82, 2.24) is 4.72 Å². The first-order chi connectivity index (χ1) is 9.24. The van der Waals surface area contributed by atoms with Gasteiger partial charge in [-0.3, -0.25) is 4.79 Å². The Kier molecular flexibility index (Phi) is 5.54. The van der Waals surface area contributed by atoms with Crippen LogP contribution in [0.4, 0.5) is 8.78 Å². The molecule has 0 radical (unpaired) electrons. The van der Waals surface area contributed by atoms with Gasteiger partial charge in [-0.1, -0.05) is 0 Å². The van der Waals surface area contributed by atoms with E-state index in [1.54, 1.807) is 0 Å². The zero-order chi connectivity index (χ0) is 15.3. The van der Waals surface area contributed by atoms with Crippen molar-refractivity contribution in [2.75, 3.05) is 13.7 Å². The molecule has 0 heterocycles. The number of halogens is 2. The molecule has 20 heavy (non-hydrogen) atoms. The number of methoxy groups -OCH3 is 1. The van der Waals surface area contributed by atoms with Crippen LogP contribution in [-0.2, 0) is 19.6 Å². The van der Waals surface area contributed by atoms with E-state index in [-0.39, 0.29) is 6.54 Å². The summed E-state index contributed by atoms with van der Waals surface area (Å²) in [7, 11) is -2.92. The molecule has 1 aromatic carbocycles. The zero-order valence-electron chi connectivity index (χ0n) is 10.5. The van der Waals surface area contributed by atoms with Crippen molar-refractivity contribution >= 4 is 16.0 Å². The highest BCUT2D eigenvalue weighted by atomic mass is 32.2. The van der Waals surface area contributed by atoms with Crippen molar-refractivity contribution in [3.63, 3.8) is 0 Å². The Labute approximate surface area is 114 Å². The van der Waals surface area contributed by atoms with Crippen LogP contribution < -0.4 is 4.72 Å². The summed E-state index contributed by atoms with van der Waals surface area (Å²) in [5, 5.41) is 8.58. The van der Waals surface area contributed by atoms with Crippen molar-refractivity contribution in [3.8, 4) is 0 Å². The number of hydrogen-bond donors (Lipinski definition) is 2. The fraction of sp³-hybridized carbons (Fsp3) is 0.364. The number of carbonyl (C=O) groups is 1. The van der Waals surface area contributed by atoms with Gasteiger partial charge in [0.2, 0.25) is 10.0 Å². The third-order valence-electron chi connectivity index (χ3n) is 2.38. The summed E-state index contributed by atoms with van der Waals surface area (Å²) in [5.41, 5.74) is 0. The highest BCUT2D eigenvalue weighted by Crippen LogP contribution is 2.13. The molecule has 1 unspecified atom stereocenters. The molecule has 0 amide bonds. The Morgan fingerprint density at radius 1 is 1.35 bits per heavy atom. The van der Waals surface area contributed by atoms with Gasteiger partial charge < -0.3 is 9.84 Å². The van der Waals surface area contributed by atoms with E-state index in [0.717, 1.165) is 0 Å². The number of ether oxygens (including phenoxy) is 1. The van der Waals surface area contributed by atoms with E-state index in [4.69, 9.17) is 9.84 Å². The average molecular weight is 309 g/mol. The summed E-state index contributed by atoms with van der Waals surface area (Å²) < 4.78 is 56.3. The maximum Gasteiger partial charge on any atom is 0.306 e. The first-order valence-electron chi connectivity index (χ1n) is 5.45. The zero-order valence-corrected chi connectivity index (χ0v) is 11.3. The van der Waals surface area contributed by atoms with Gasteiger partial charge in [0.15, 0.2) is 0 Å². The van der Waals surface area contributed by atoms with Crippen molar-refractivity contribution in [1.29, 1.82) is 0 Å². The summed E-state index contributed by atoms with van der Waals surface area (Å²) in [6.45, 7) is -0.330. The van der Waals surface area contributed by atoms with Crippen LogP contribution in [0.1, 0.15) is 6.42 Å². The topological polar surface area (TPSA) is 92.7 Å². The highest BCUT2D eigenvalue weighted by Gasteiger charge is 2.20. The van der Waals surface area contributed by atoms with E-state index >= 15 is 0 Å². The van der Waals surface area contributed by atoms with Gasteiger partial charge in [0.1, 0.15) is 11.6 Å². The van der Waals surface area contributed by atoms with Crippen molar-refractivity contribution in [2.45, 2.75) is 17.4 Å². The summed E-state index contributed by atoms with van der Waals surface area (Å²) in [4.78, 5) is 9.91. The standard InChI is InChI=1S/C11H13F2NO5S/c1-19-9(5-11(15)16)6-14-20(17,18)10-3-7(12)2-8(13)4-10/h2-4,9,14H,5-6H2,1H3,(H,15,16). The van der Waals surface area contributed by atoms with Gasteiger partial charge in [-0.2, -0.15) is 0 Å². The average Bonchev–Trinajstić information content (AvgIpc) is 2.32. The van der Waals surface area contributed by atoms with Gasteiger partial charge >= 0.3 is 5.97 Å². The minimum atomic E-state index is -4.15. The van der Waals surface area contributed by atoms with Gasteiger partial charge in [0, 0.05) is 19.7 Å². The first kappa shape index (κ1) is 16.5. The lowest BCUT2D eigenvalue weighted by molar-refractivity contribution is -0.139. The van der Waals surface area contributed by atoms with Crippen LogP contribution in [0.15, 0.2) is 23.1 Å². The van der Waals surface area contributed by atoms with E-state index in [0.29, 0.717) is 18.2 Å². The number of benzene rings is 1. The van der Waals surface area contributed by atoms with Gasteiger partial charge in [0.05, 0.1) is 17.4 Å². The molecular formula is C11H13F2NO5S. The van der Waals surface area contributed by atoms with Crippen LogP contribution in [0.5, 0.6) is 0 Å². The predicted octanol–water partition coefficient (Wildman–Crippen LogP) is 0.733. The number of sulfonamides is 1. The Morgan fingerprint density at radius 3 is 2.35 bits per heavy atom. The predicted molar refractivity (Wildman–Crippen MR) is 64.6 cm³/mol. The third-order valence-corrected chi connectivity index (χ3v) is 3.79. The Morgan fingerprint density at radius 2 is 1.90 bits per heavy atom. The second-order valence-electron chi connectivity index (χ2n) is 3.91. The van der Waals surface area contributed by atoms with Crippen molar-refractivity contribution < 1.29 is 31.8 Å². The van der Waals surface area contributed by atoms with Gasteiger partial charge in [-0.15, -0.1) is 0 Å². The second kappa shape index (κ2) is 6.73. The van der Waals surface area contributed by atoms with Gasteiger partial charge in [-0.05, 0) is 12.1 Å². The van der Waals surface area contributed by atoms with E-state index in [2.05, 4.69) is 0 Å². The van der Waals surface area contributed by atoms with Crippen molar-refractivity contribution in [3.05, 3.63) is 29.8 Å². The number of nitrogens with one attached hydrogen (secondary N) is 1. The summed E-state index contributed by atoms with van der Waals surface area (Å²) in [6.07, 6.45) is -1.29.